The quantitative estimate of drug-likeness (QED) is 0.758. The molecule has 1 aromatic heterocycles. The fourth-order valence-electron chi connectivity index (χ4n) is 1.48. The summed E-state index contributed by atoms with van der Waals surface area (Å²) < 4.78 is 5.87. The summed E-state index contributed by atoms with van der Waals surface area (Å²) in [5, 5.41) is 1.07. The van der Waals surface area contributed by atoms with Crippen LogP contribution in [0.25, 0.3) is 10.9 Å². The molecule has 16 heavy (non-hydrogen) atoms. The normalized spacial score (nSPS) is 11.7. The number of para-hydroxylation sites is 1. The zero-order valence-corrected chi connectivity index (χ0v) is 10.2. The summed E-state index contributed by atoms with van der Waals surface area (Å²) in [5.74, 6) is 1.22. The van der Waals surface area contributed by atoms with Crippen LogP contribution in [0, 0.1) is 0 Å². The van der Waals surface area contributed by atoms with Gasteiger partial charge in [0.05, 0.1) is 5.88 Å². The molecule has 0 saturated carbocycles. The minimum atomic E-state index is -0.382. The number of rotatable bonds is 3. The summed E-state index contributed by atoms with van der Waals surface area (Å²) in [6.45, 7) is 3.92. The lowest BCUT2D eigenvalue weighted by Crippen LogP contribution is -2.30. The van der Waals surface area contributed by atoms with Crippen LogP contribution in [-0.4, -0.2) is 16.5 Å². The Kier molecular flexibility index (Phi) is 3.01. The van der Waals surface area contributed by atoms with E-state index in [2.05, 4.69) is 4.98 Å². The Hall–Kier alpha value is -1.28. The molecule has 2 aromatic rings. The fourth-order valence-corrected chi connectivity index (χ4v) is 1.54. The number of aromatic nitrogens is 1. The van der Waals surface area contributed by atoms with Gasteiger partial charge in [-0.25, -0.2) is 0 Å². The van der Waals surface area contributed by atoms with E-state index in [1.165, 1.54) is 0 Å². The van der Waals surface area contributed by atoms with Gasteiger partial charge in [0.2, 0.25) is 0 Å². The van der Waals surface area contributed by atoms with Crippen LogP contribution in [0.1, 0.15) is 13.8 Å². The number of halogens is 1. The van der Waals surface area contributed by atoms with Crippen LogP contribution in [0.3, 0.4) is 0 Å². The van der Waals surface area contributed by atoms with E-state index in [0.717, 1.165) is 16.7 Å². The summed E-state index contributed by atoms with van der Waals surface area (Å²) in [6.07, 6.45) is 1.77. The molecule has 0 bridgehead atoms. The van der Waals surface area contributed by atoms with Gasteiger partial charge in [0.25, 0.3) is 0 Å². The van der Waals surface area contributed by atoms with Crippen molar-refractivity contribution in [1.29, 1.82) is 0 Å². The van der Waals surface area contributed by atoms with E-state index >= 15 is 0 Å². The second-order valence-electron chi connectivity index (χ2n) is 4.33. The van der Waals surface area contributed by atoms with Gasteiger partial charge in [-0.2, -0.15) is 0 Å². The maximum Gasteiger partial charge on any atom is 0.146 e. The lowest BCUT2D eigenvalue weighted by molar-refractivity contribution is 0.136. The molecule has 0 spiro atoms. The van der Waals surface area contributed by atoms with Crippen molar-refractivity contribution < 1.29 is 4.74 Å². The smallest absolute Gasteiger partial charge is 0.146 e. The number of nitrogens with zero attached hydrogens (tertiary/aromatic N) is 1. The molecule has 0 unspecified atom stereocenters. The Morgan fingerprint density at radius 1 is 1.25 bits per heavy atom. The molecule has 84 valence electrons. The van der Waals surface area contributed by atoms with Gasteiger partial charge >= 0.3 is 0 Å². The number of benzene rings is 1. The van der Waals surface area contributed by atoms with Crippen molar-refractivity contribution >= 4 is 22.5 Å². The highest BCUT2D eigenvalue weighted by Gasteiger charge is 2.19. The van der Waals surface area contributed by atoms with Crippen LogP contribution in [0.15, 0.2) is 36.5 Å². The molecule has 0 aliphatic heterocycles. The minimum absolute atomic E-state index is 0.382. The van der Waals surface area contributed by atoms with Crippen molar-refractivity contribution in [1.82, 2.24) is 4.98 Å². The maximum absolute atomic E-state index is 5.87. The molecule has 2 nitrogen and oxygen atoms in total. The predicted molar refractivity (Wildman–Crippen MR) is 67.2 cm³/mol. The molecule has 0 fully saturated rings. The number of alkyl halides is 1. The predicted octanol–water partition coefficient (Wildman–Crippen LogP) is 3.63. The van der Waals surface area contributed by atoms with E-state index in [-0.39, 0.29) is 5.60 Å². The molecular weight excluding hydrogens is 222 g/mol. The van der Waals surface area contributed by atoms with Crippen molar-refractivity contribution in [2.75, 3.05) is 5.88 Å². The van der Waals surface area contributed by atoms with Gasteiger partial charge in [-0.05, 0) is 26.0 Å². The molecule has 0 aliphatic rings. The summed E-state index contributed by atoms with van der Waals surface area (Å²) >= 11 is 5.85. The lowest BCUT2D eigenvalue weighted by Gasteiger charge is -2.24. The molecule has 0 aliphatic carbocycles. The van der Waals surface area contributed by atoms with E-state index in [1.54, 1.807) is 6.20 Å². The van der Waals surface area contributed by atoms with Crippen molar-refractivity contribution in [2.24, 2.45) is 0 Å². The first-order valence-electron chi connectivity index (χ1n) is 5.21. The Morgan fingerprint density at radius 3 is 2.75 bits per heavy atom. The third kappa shape index (κ3) is 2.27. The molecule has 2 rings (SSSR count). The molecule has 0 radical (unpaired) electrons. The largest absolute Gasteiger partial charge is 0.484 e. The number of ether oxygens (including phenoxy) is 1. The Morgan fingerprint density at radius 2 is 2.00 bits per heavy atom. The van der Waals surface area contributed by atoms with E-state index in [0.29, 0.717) is 5.88 Å². The van der Waals surface area contributed by atoms with Gasteiger partial charge < -0.3 is 4.74 Å². The third-order valence-electron chi connectivity index (χ3n) is 2.30. The van der Waals surface area contributed by atoms with Crippen LogP contribution in [0.5, 0.6) is 5.75 Å². The highest BCUT2D eigenvalue weighted by molar-refractivity contribution is 6.18. The first kappa shape index (κ1) is 11.2. The van der Waals surface area contributed by atoms with Crippen LogP contribution in [0.4, 0.5) is 0 Å². The Balaban J connectivity index is 2.45. The van der Waals surface area contributed by atoms with Gasteiger partial charge in [0.15, 0.2) is 0 Å². The van der Waals surface area contributed by atoms with Crippen molar-refractivity contribution in [3.8, 4) is 5.75 Å². The van der Waals surface area contributed by atoms with Gasteiger partial charge in [-0.15, -0.1) is 11.6 Å². The van der Waals surface area contributed by atoms with Crippen LogP contribution in [-0.2, 0) is 0 Å². The first-order valence-corrected chi connectivity index (χ1v) is 5.74. The van der Waals surface area contributed by atoms with E-state index in [1.807, 2.05) is 44.2 Å². The molecule has 0 amide bonds. The first-order chi connectivity index (χ1) is 7.62. The van der Waals surface area contributed by atoms with Crippen LogP contribution >= 0.6 is 11.6 Å². The average Bonchev–Trinajstić information content (AvgIpc) is 2.29. The van der Waals surface area contributed by atoms with Crippen molar-refractivity contribution in [3.05, 3.63) is 36.5 Å². The van der Waals surface area contributed by atoms with Crippen LogP contribution < -0.4 is 4.74 Å². The summed E-state index contributed by atoms with van der Waals surface area (Å²) in [5.41, 5.74) is 0.496. The van der Waals surface area contributed by atoms with Crippen molar-refractivity contribution in [3.63, 3.8) is 0 Å². The summed E-state index contributed by atoms with van der Waals surface area (Å²) in [4.78, 5) is 4.33. The summed E-state index contributed by atoms with van der Waals surface area (Å²) in [6, 6.07) is 9.83. The minimum Gasteiger partial charge on any atom is -0.484 e. The number of hydrogen-bond donors (Lipinski definition) is 0. The number of fused-ring (bicyclic) bond motifs is 1. The second-order valence-corrected chi connectivity index (χ2v) is 4.59. The molecule has 1 heterocycles. The fraction of sp³-hybridized carbons (Fsp3) is 0.308. The number of pyridine rings is 1. The highest BCUT2D eigenvalue weighted by Crippen LogP contribution is 2.26. The Bertz CT molecular complexity index is 491. The zero-order chi connectivity index (χ0) is 11.6. The SMILES string of the molecule is CC(C)(CCl)Oc1cccc2cccnc12. The molecule has 0 saturated heterocycles. The molecule has 3 heteroatoms. The van der Waals surface area contributed by atoms with E-state index in [4.69, 9.17) is 16.3 Å². The highest BCUT2D eigenvalue weighted by atomic mass is 35.5. The van der Waals surface area contributed by atoms with Gasteiger partial charge in [0.1, 0.15) is 16.9 Å². The van der Waals surface area contributed by atoms with Crippen molar-refractivity contribution in [2.45, 2.75) is 19.4 Å². The van der Waals surface area contributed by atoms with E-state index < -0.39 is 0 Å². The van der Waals surface area contributed by atoms with Gasteiger partial charge in [0, 0.05) is 11.6 Å². The Labute approximate surface area is 100 Å². The monoisotopic (exact) mass is 235 g/mol. The lowest BCUT2D eigenvalue weighted by atomic mass is 10.1. The third-order valence-corrected chi connectivity index (χ3v) is 2.95. The van der Waals surface area contributed by atoms with E-state index in [9.17, 15) is 0 Å². The maximum atomic E-state index is 5.87. The van der Waals surface area contributed by atoms with Gasteiger partial charge in [-0.1, -0.05) is 18.2 Å². The molecule has 0 atom stereocenters. The summed E-state index contributed by atoms with van der Waals surface area (Å²) in [7, 11) is 0. The zero-order valence-electron chi connectivity index (χ0n) is 9.40. The van der Waals surface area contributed by atoms with Crippen LogP contribution in [0.2, 0.25) is 0 Å². The number of hydrogen-bond acceptors (Lipinski definition) is 2. The topological polar surface area (TPSA) is 22.1 Å². The molecule has 1 aromatic carbocycles. The average molecular weight is 236 g/mol. The standard InChI is InChI=1S/C13H14ClNO/c1-13(2,9-14)16-11-7-3-5-10-6-4-8-15-12(10)11/h3-8H,9H2,1-2H3. The second kappa shape index (κ2) is 4.30. The van der Waals surface area contributed by atoms with Gasteiger partial charge in [-0.3, -0.25) is 4.98 Å². The molecular formula is C13H14ClNO. The molecule has 0 N–H and O–H groups in total.